The number of hydrogen-bond acceptors (Lipinski definition) is 5. The number of phenols is 1. The molecule has 2 N–H and O–H groups in total. The Morgan fingerprint density at radius 2 is 2.22 bits per heavy atom. The van der Waals surface area contributed by atoms with Gasteiger partial charge >= 0.3 is 0 Å². The molecule has 1 aromatic heterocycles. The van der Waals surface area contributed by atoms with Crippen LogP contribution in [0.5, 0.6) is 11.5 Å². The number of tetrazole rings is 1. The van der Waals surface area contributed by atoms with E-state index in [4.69, 9.17) is 4.74 Å². The van der Waals surface area contributed by atoms with Gasteiger partial charge in [0.25, 0.3) is 0 Å². The number of aromatic hydroxyl groups is 1. The molecule has 142 valence electrons. The van der Waals surface area contributed by atoms with Crippen molar-refractivity contribution >= 4 is 0 Å². The standard InChI is InChI=1S/C21H26N4O2/c1-4-5-6-7-14-11-17-19(20(26)18(14)21-22-24-25-23-21)16-10-12(2)8-9-15(16)13(3)27-17/h10-11,15-16,26H,3-9H2,1-2H3,(H,22,23,24,25)/t15-,16+/m0/s1. The molecule has 6 heteroatoms. The topological polar surface area (TPSA) is 83.9 Å². The van der Waals surface area contributed by atoms with Crippen LogP contribution in [0, 0.1) is 5.92 Å². The van der Waals surface area contributed by atoms with E-state index in [0.29, 0.717) is 17.1 Å². The van der Waals surface area contributed by atoms with Gasteiger partial charge in [0.05, 0.1) is 5.56 Å². The normalized spacial score (nSPS) is 21.3. The summed E-state index contributed by atoms with van der Waals surface area (Å²) in [6.45, 7) is 8.48. The van der Waals surface area contributed by atoms with Crippen molar-refractivity contribution in [2.45, 2.75) is 58.3 Å². The molecule has 1 aliphatic heterocycles. The number of aryl methyl sites for hydroxylation is 1. The molecule has 0 saturated heterocycles. The molecule has 2 aromatic rings. The molecule has 2 aliphatic rings. The summed E-state index contributed by atoms with van der Waals surface area (Å²) in [5.41, 5.74) is 3.87. The lowest BCUT2D eigenvalue weighted by molar-refractivity contribution is 0.275. The summed E-state index contributed by atoms with van der Waals surface area (Å²) in [5, 5.41) is 25.6. The van der Waals surface area contributed by atoms with E-state index in [-0.39, 0.29) is 17.6 Å². The monoisotopic (exact) mass is 366 g/mol. The Bertz CT molecular complexity index is 886. The molecule has 0 amide bonds. The highest BCUT2D eigenvalue weighted by atomic mass is 16.5. The van der Waals surface area contributed by atoms with Crippen molar-refractivity contribution in [1.82, 2.24) is 20.6 Å². The molecule has 2 atom stereocenters. The number of benzene rings is 1. The number of allylic oxidation sites excluding steroid dienone is 3. The minimum atomic E-state index is 0.0781. The molecule has 1 aromatic carbocycles. The van der Waals surface area contributed by atoms with Crippen molar-refractivity contribution in [2.24, 2.45) is 5.92 Å². The number of nitrogens with zero attached hydrogens (tertiary/aromatic N) is 3. The van der Waals surface area contributed by atoms with Crippen LogP contribution in [0.3, 0.4) is 0 Å². The minimum Gasteiger partial charge on any atom is -0.507 e. The number of fused-ring (bicyclic) bond motifs is 3. The molecule has 0 spiro atoms. The van der Waals surface area contributed by atoms with E-state index in [9.17, 15) is 5.11 Å². The lowest BCUT2D eigenvalue weighted by Gasteiger charge is -2.37. The third-order valence-corrected chi connectivity index (χ3v) is 5.75. The third-order valence-electron chi connectivity index (χ3n) is 5.75. The van der Waals surface area contributed by atoms with Crippen molar-refractivity contribution in [2.75, 3.05) is 0 Å². The molecule has 0 bridgehead atoms. The summed E-state index contributed by atoms with van der Waals surface area (Å²) < 4.78 is 6.09. The van der Waals surface area contributed by atoms with Crippen LogP contribution in [0.2, 0.25) is 0 Å². The SMILES string of the molecule is C=C1Oc2cc(CCCCC)c(-c3nnn[nH]3)c(O)c2[C@@H]2C=C(C)CC[C@@H]12. The Balaban J connectivity index is 1.88. The average Bonchev–Trinajstić information content (AvgIpc) is 3.15. The number of aromatic nitrogens is 4. The molecule has 6 nitrogen and oxygen atoms in total. The van der Waals surface area contributed by atoms with Crippen molar-refractivity contribution < 1.29 is 9.84 Å². The van der Waals surface area contributed by atoms with Gasteiger partial charge in [-0.2, -0.15) is 0 Å². The Kier molecular flexibility index (Phi) is 4.72. The second kappa shape index (κ2) is 7.18. The van der Waals surface area contributed by atoms with E-state index in [1.54, 1.807) is 0 Å². The van der Waals surface area contributed by atoms with Gasteiger partial charge in [0.1, 0.15) is 17.3 Å². The van der Waals surface area contributed by atoms with Gasteiger partial charge in [-0.3, -0.25) is 0 Å². The zero-order valence-corrected chi connectivity index (χ0v) is 16.0. The van der Waals surface area contributed by atoms with Crippen LogP contribution in [0.15, 0.2) is 30.1 Å². The number of H-pyrrole nitrogens is 1. The lowest BCUT2D eigenvalue weighted by Crippen LogP contribution is -2.25. The molecule has 0 radical (unpaired) electrons. The van der Waals surface area contributed by atoms with E-state index in [1.165, 1.54) is 5.57 Å². The van der Waals surface area contributed by atoms with Crippen LogP contribution in [0.25, 0.3) is 11.4 Å². The van der Waals surface area contributed by atoms with Crippen LogP contribution in [0.4, 0.5) is 0 Å². The van der Waals surface area contributed by atoms with Crippen LogP contribution in [0.1, 0.15) is 63.0 Å². The maximum atomic E-state index is 11.3. The quantitative estimate of drug-likeness (QED) is 0.594. The fourth-order valence-corrected chi connectivity index (χ4v) is 4.34. The first kappa shape index (κ1) is 17.8. The van der Waals surface area contributed by atoms with Gasteiger partial charge in [0.15, 0.2) is 5.82 Å². The fraction of sp³-hybridized carbons (Fsp3) is 0.476. The Morgan fingerprint density at radius 3 is 2.96 bits per heavy atom. The number of hydrogen-bond donors (Lipinski definition) is 2. The molecular formula is C21H26N4O2. The first-order chi connectivity index (χ1) is 13.1. The van der Waals surface area contributed by atoms with E-state index in [1.807, 2.05) is 6.07 Å². The summed E-state index contributed by atoms with van der Waals surface area (Å²) in [7, 11) is 0. The molecule has 0 fully saturated rings. The van der Waals surface area contributed by atoms with E-state index in [0.717, 1.165) is 55.4 Å². The predicted octanol–water partition coefficient (Wildman–Crippen LogP) is 4.65. The Morgan fingerprint density at radius 1 is 1.37 bits per heavy atom. The number of ether oxygens (including phenoxy) is 1. The average molecular weight is 366 g/mol. The number of rotatable bonds is 5. The van der Waals surface area contributed by atoms with Gasteiger partial charge in [0, 0.05) is 17.4 Å². The van der Waals surface area contributed by atoms with E-state index in [2.05, 4.69) is 47.1 Å². The number of unbranched alkanes of at least 4 members (excludes halogenated alkanes) is 2. The number of aromatic amines is 1. The summed E-state index contributed by atoms with van der Waals surface area (Å²) >= 11 is 0. The number of phenolic OH excluding ortho intramolecular Hbond substituents is 1. The highest BCUT2D eigenvalue weighted by Crippen LogP contribution is 2.53. The van der Waals surface area contributed by atoms with Crippen molar-refractivity contribution in [3.05, 3.63) is 41.2 Å². The summed E-state index contributed by atoms with van der Waals surface area (Å²) in [4.78, 5) is 0. The van der Waals surface area contributed by atoms with Gasteiger partial charge in [-0.15, -0.1) is 5.10 Å². The van der Waals surface area contributed by atoms with Gasteiger partial charge < -0.3 is 9.84 Å². The molecular weight excluding hydrogens is 340 g/mol. The molecule has 0 unspecified atom stereocenters. The second-order valence-corrected chi connectivity index (χ2v) is 7.63. The zero-order chi connectivity index (χ0) is 19.0. The van der Waals surface area contributed by atoms with Crippen LogP contribution >= 0.6 is 0 Å². The van der Waals surface area contributed by atoms with Gasteiger partial charge in [-0.1, -0.05) is 38.0 Å². The molecule has 1 aliphatic carbocycles. The minimum absolute atomic E-state index is 0.0781. The summed E-state index contributed by atoms with van der Waals surface area (Å²) in [5.74, 6) is 2.51. The van der Waals surface area contributed by atoms with Crippen molar-refractivity contribution in [3.8, 4) is 22.9 Å². The third kappa shape index (κ3) is 3.13. The molecule has 0 saturated carbocycles. The van der Waals surface area contributed by atoms with Crippen LogP contribution < -0.4 is 4.74 Å². The highest BCUT2D eigenvalue weighted by Gasteiger charge is 2.38. The Labute approximate surface area is 159 Å². The van der Waals surface area contributed by atoms with Gasteiger partial charge in [-0.05, 0) is 54.7 Å². The predicted molar refractivity (Wildman–Crippen MR) is 103 cm³/mol. The number of nitrogens with one attached hydrogen (secondary N) is 1. The van der Waals surface area contributed by atoms with Crippen LogP contribution in [-0.4, -0.2) is 25.7 Å². The van der Waals surface area contributed by atoms with Crippen LogP contribution in [-0.2, 0) is 6.42 Å². The van der Waals surface area contributed by atoms with Gasteiger partial charge in [0.2, 0.25) is 0 Å². The summed E-state index contributed by atoms with van der Waals surface area (Å²) in [6, 6.07) is 2.04. The first-order valence-electron chi connectivity index (χ1n) is 9.77. The van der Waals surface area contributed by atoms with E-state index < -0.39 is 0 Å². The van der Waals surface area contributed by atoms with Crippen molar-refractivity contribution in [1.29, 1.82) is 0 Å². The zero-order valence-electron chi connectivity index (χ0n) is 16.0. The van der Waals surface area contributed by atoms with Gasteiger partial charge in [-0.25, -0.2) is 5.10 Å². The maximum absolute atomic E-state index is 11.3. The molecule has 27 heavy (non-hydrogen) atoms. The Hall–Kier alpha value is -2.63. The molecule has 2 heterocycles. The van der Waals surface area contributed by atoms with Crippen molar-refractivity contribution in [3.63, 3.8) is 0 Å². The fourth-order valence-electron chi connectivity index (χ4n) is 4.34. The second-order valence-electron chi connectivity index (χ2n) is 7.63. The summed E-state index contributed by atoms with van der Waals surface area (Å²) in [6.07, 6.45) is 8.41. The first-order valence-corrected chi connectivity index (χ1v) is 9.77. The lowest BCUT2D eigenvalue weighted by atomic mass is 9.73. The van der Waals surface area contributed by atoms with E-state index >= 15 is 0 Å². The maximum Gasteiger partial charge on any atom is 0.183 e. The largest absolute Gasteiger partial charge is 0.507 e. The molecule has 4 rings (SSSR count). The smallest absolute Gasteiger partial charge is 0.183 e. The highest BCUT2D eigenvalue weighted by molar-refractivity contribution is 5.74.